The molecule has 0 fully saturated rings. The molecule has 0 amide bonds. The molecular weight excluding hydrogens is 335 g/mol. The molecule has 3 heteroatoms. The molecule has 22 heavy (non-hydrogen) atoms. The second-order valence-electron chi connectivity index (χ2n) is 6.20. The van der Waals surface area contributed by atoms with E-state index in [2.05, 4.69) is 37.3 Å². The summed E-state index contributed by atoms with van der Waals surface area (Å²) < 4.78 is 2.71. The first-order valence-corrected chi connectivity index (χ1v) is 9.71. The summed E-state index contributed by atoms with van der Waals surface area (Å²) in [4.78, 5) is 4.97. The Balaban J connectivity index is 1.87. The van der Waals surface area contributed by atoms with Crippen molar-refractivity contribution in [2.75, 3.05) is 5.73 Å². The van der Waals surface area contributed by atoms with Gasteiger partial charge in [0.1, 0.15) is 0 Å². The quantitative estimate of drug-likeness (QED) is 0.527. The Morgan fingerprint density at radius 3 is 2.64 bits per heavy atom. The zero-order valence-electron chi connectivity index (χ0n) is 12.9. The van der Waals surface area contributed by atoms with Gasteiger partial charge in [-0.3, -0.25) is 0 Å². The Labute approximate surface area is 137 Å². The molecule has 2 heterocycles. The molecule has 0 atom stereocenters. The van der Waals surface area contributed by atoms with E-state index in [1.807, 2.05) is 0 Å². The number of aromatic nitrogens is 1. The Bertz CT molecular complexity index is 831. The molecule has 0 radical (unpaired) electrons. The fraction of sp³-hybridized carbons (Fsp3) is 0.316. The van der Waals surface area contributed by atoms with Crippen molar-refractivity contribution < 1.29 is 0 Å². The van der Waals surface area contributed by atoms with Crippen LogP contribution in [-0.2, 0) is 12.8 Å². The molecule has 0 aliphatic heterocycles. The molecule has 2 nitrogen and oxygen atoms in total. The summed E-state index contributed by atoms with van der Waals surface area (Å²) in [6, 6.07) is 11.1. The van der Waals surface area contributed by atoms with Gasteiger partial charge in [-0.05, 0) is 0 Å². The van der Waals surface area contributed by atoms with E-state index in [0.717, 1.165) is 24.0 Å². The SMILES string of the molecule is Cc1ccc(-c2cc3nc4c(c(N)c3[se]2)CCCCC4)cc1. The van der Waals surface area contributed by atoms with Crippen LogP contribution in [0.1, 0.15) is 36.1 Å². The van der Waals surface area contributed by atoms with Crippen LogP contribution in [0.25, 0.3) is 19.8 Å². The average molecular weight is 355 g/mol. The van der Waals surface area contributed by atoms with Crippen molar-refractivity contribution in [1.82, 2.24) is 4.98 Å². The van der Waals surface area contributed by atoms with E-state index in [9.17, 15) is 0 Å². The van der Waals surface area contributed by atoms with Crippen LogP contribution in [0.4, 0.5) is 5.69 Å². The van der Waals surface area contributed by atoms with Gasteiger partial charge in [-0.1, -0.05) is 0 Å². The summed E-state index contributed by atoms with van der Waals surface area (Å²) in [7, 11) is 0. The number of nitrogens with zero attached hydrogens (tertiary/aromatic N) is 1. The van der Waals surface area contributed by atoms with Gasteiger partial charge in [-0.2, -0.15) is 0 Å². The fourth-order valence-electron chi connectivity index (χ4n) is 3.28. The number of hydrogen-bond donors (Lipinski definition) is 1. The van der Waals surface area contributed by atoms with Gasteiger partial charge in [0.25, 0.3) is 0 Å². The number of fused-ring (bicyclic) bond motifs is 2. The van der Waals surface area contributed by atoms with Crippen molar-refractivity contribution in [3.63, 3.8) is 0 Å². The van der Waals surface area contributed by atoms with E-state index in [4.69, 9.17) is 10.7 Å². The second-order valence-corrected chi connectivity index (χ2v) is 8.41. The van der Waals surface area contributed by atoms with Crippen molar-refractivity contribution >= 4 is 30.0 Å². The molecule has 1 aliphatic rings. The average Bonchev–Trinajstić information content (AvgIpc) is 2.80. The normalized spacial score (nSPS) is 14.8. The first-order valence-electron chi connectivity index (χ1n) is 8.00. The van der Waals surface area contributed by atoms with Crippen LogP contribution in [-0.4, -0.2) is 19.5 Å². The van der Waals surface area contributed by atoms with Gasteiger partial charge in [0.2, 0.25) is 0 Å². The van der Waals surface area contributed by atoms with Gasteiger partial charge in [-0.15, -0.1) is 0 Å². The Morgan fingerprint density at radius 1 is 1.05 bits per heavy atom. The van der Waals surface area contributed by atoms with E-state index >= 15 is 0 Å². The Hall–Kier alpha value is -1.57. The predicted octanol–water partition coefficient (Wildman–Crippen LogP) is 4.12. The van der Waals surface area contributed by atoms with Gasteiger partial charge in [0, 0.05) is 0 Å². The maximum absolute atomic E-state index is 6.53. The zero-order valence-corrected chi connectivity index (χ0v) is 14.6. The summed E-state index contributed by atoms with van der Waals surface area (Å²) in [6.45, 7) is 2.13. The number of nitrogens with two attached hydrogens (primary N) is 1. The number of benzene rings is 1. The third kappa shape index (κ3) is 2.39. The van der Waals surface area contributed by atoms with Gasteiger partial charge >= 0.3 is 137 Å². The third-order valence-electron chi connectivity index (χ3n) is 4.56. The third-order valence-corrected chi connectivity index (χ3v) is 7.09. The van der Waals surface area contributed by atoms with Crippen LogP contribution in [0.5, 0.6) is 0 Å². The van der Waals surface area contributed by atoms with Crippen molar-refractivity contribution in [1.29, 1.82) is 0 Å². The minimum absolute atomic E-state index is 0.281. The summed E-state index contributed by atoms with van der Waals surface area (Å²) in [5.74, 6) is 0. The van der Waals surface area contributed by atoms with Crippen LogP contribution in [0.3, 0.4) is 0 Å². The van der Waals surface area contributed by atoms with E-state index < -0.39 is 0 Å². The molecule has 0 bridgehead atoms. The molecule has 3 aromatic rings. The Morgan fingerprint density at radius 2 is 1.82 bits per heavy atom. The maximum atomic E-state index is 6.53. The molecule has 2 N–H and O–H groups in total. The van der Waals surface area contributed by atoms with Crippen LogP contribution >= 0.6 is 0 Å². The number of anilines is 1. The number of pyridine rings is 1. The van der Waals surface area contributed by atoms with Crippen molar-refractivity contribution in [2.24, 2.45) is 0 Å². The topological polar surface area (TPSA) is 38.9 Å². The molecular formula is C19H20N2Se. The van der Waals surface area contributed by atoms with E-state index in [1.54, 1.807) is 0 Å². The molecule has 0 unspecified atom stereocenters. The van der Waals surface area contributed by atoms with Crippen LogP contribution < -0.4 is 5.73 Å². The molecule has 0 saturated heterocycles. The molecule has 2 aromatic heterocycles. The summed E-state index contributed by atoms with van der Waals surface area (Å²) in [5.41, 5.74) is 13.9. The number of nitrogen functional groups attached to an aromatic ring is 1. The van der Waals surface area contributed by atoms with Gasteiger partial charge in [0.15, 0.2) is 0 Å². The predicted molar refractivity (Wildman–Crippen MR) is 94.5 cm³/mol. The minimum atomic E-state index is 0.281. The fourth-order valence-corrected chi connectivity index (χ4v) is 5.56. The van der Waals surface area contributed by atoms with Crippen molar-refractivity contribution in [3.05, 3.63) is 47.2 Å². The standard InChI is InChI=1S/C19H20N2Se/c1-12-7-9-13(10-8-12)17-11-16-19(22-17)18(20)14-5-3-2-4-6-15(14)21-16/h7-11H,2-6H2,1H3,(H2,20,21). The van der Waals surface area contributed by atoms with Crippen molar-refractivity contribution in [2.45, 2.75) is 39.0 Å². The summed E-state index contributed by atoms with van der Waals surface area (Å²) >= 11 is 0.281. The van der Waals surface area contributed by atoms with E-state index in [1.165, 1.54) is 50.3 Å². The first kappa shape index (κ1) is 14.0. The number of aryl methyl sites for hydroxylation is 2. The van der Waals surface area contributed by atoms with Crippen molar-refractivity contribution in [3.8, 4) is 10.0 Å². The van der Waals surface area contributed by atoms with Gasteiger partial charge < -0.3 is 0 Å². The van der Waals surface area contributed by atoms with Crippen LogP contribution in [0.15, 0.2) is 30.3 Å². The van der Waals surface area contributed by atoms with Gasteiger partial charge in [-0.25, -0.2) is 0 Å². The molecule has 112 valence electrons. The molecule has 4 rings (SSSR count). The monoisotopic (exact) mass is 356 g/mol. The summed E-state index contributed by atoms with van der Waals surface area (Å²) in [6.07, 6.45) is 6.00. The first-order chi connectivity index (χ1) is 10.7. The second kappa shape index (κ2) is 5.57. The van der Waals surface area contributed by atoms with Crippen LogP contribution in [0, 0.1) is 6.92 Å². The van der Waals surface area contributed by atoms with E-state index in [0.29, 0.717) is 0 Å². The molecule has 0 saturated carbocycles. The number of rotatable bonds is 1. The molecule has 0 spiro atoms. The molecule has 1 aromatic carbocycles. The zero-order chi connectivity index (χ0) is 15.1. The number of hydrogen-bond acceptors (Lipinski definition) is 2. The van der Waals surface area contributed by atoms with Gasteiger partial charge in [0.05, 0.1) is 0 Å². The van der Waals surface area contributed by atoms with Crippen LogP contribution in [0.2, 0.25) is 0 Å². The molecule has 1 aliphatic carbocycles. The Kier molecular flexibility index (Phi) is 3.56. The van der Waals surface area contributed by atoms with E-state index in [-0.39, 0.29) is 14.5 Å². The summed E-state index contributed by atoms with van der Waals surface area (Å²) in [5, 5.41) is 0.